The summed E-state index contributed by atoms with van der Waals surface area (Å²) in [6.45, 7) is 3.63. The van der Waals surface area contributed by atoms with Gasteiger partial charge in [-0.25, -0.2) is 0 Å². The van der Waals surface area contributed by atoms with Crippen LogP contribution >= 0.6 is 27.3 Å². The van der Waals surface area contributed by atoms with Gasteiger partial charge in [0.25, 0.3) is 0 Å². The van der Waals surface area contributed by atoms with Gasteiger partial charge in [0.05, 0.1) is 5.69 Å². The normalized spacial score (nSPS) is 10.8. The van der Waals surface area contributed by atoms with Gasteiger partial charge in [-0.15, -0.1) is 11.3 Å². The molecule has 0 fully saturated rings. The third-order valence-electron chi connectivity index (χ3n) is 3.66. The largest absolute Gasteiger partial charge is 0.364 e. The molecule has 0 radical (unpaired) electrons. The summed E-state index contributed by atoms with van der Waals surface area (Å²) in [6.07, 6.45) is 0. The number of nitrogens with zero attached hydrogens (tertiary/aromatic N) is 1. The molecule has 112 valence electrons. The Hall–Kier alpha value is -1.65. The Labute approximate surface area is 142 Å². The summed E-state index contributed by atoms with van der Waals surface area (Å²) in [6, 6.07) is 16.1. The maximum absolute atomic E-state index is 12.8. The van der Waals surface area contributed by atoms with Crippen LogP contribution < -0.4 is 10.3 Å². The number of hydrogen-bond donors (Lipinski definition) is 0. The van der Waals surface area contributed by atoms with Crippen LogP contribution in [0.15, 0.2) is 63.2 Å². The maximum atomic E-state index is 12.8. The first-order valence-electron chi connectivity index (χ1n) is 7.19. The van der Waals surface area contributed by atoms with Crippen LogP contribution in [0.4, 0.5) is 5.69 Å². The molecule has 0 aliphatic rings. The number of fused-ring (bicyclic) bond motifs is 1. The van der Waals surface area contributed by atoms with Gasteiger partial charge in [0.15, 0.2) is 0 Å². The molecular formula is C18H16BrNOS. The first-order valence-corrected chi connectivity index (χ1v) is 8.86. The van der Waals surface area contributed by atoms with E-state index < -0.39 is 0 Å². The maximum Gasteiger partial charge on any atom is 0.211 e. The van der Waals surface area contributed by atoms with E-state index in [1.165, 1.54) is 5.56 Å². The van der Waals surface area contributed by atoms with Crippen LogP contribution in [0, 0.1) is 0 Å². The van der Waals surface area contributed by atoms with Crippen molar-refractivity contribution in [2.45, 2.75) is 13.5 Å². The van der Waals surface area contributed by atoms with Crippen LogP contribution in [0.2, 0.25) is 0 Å². The molecule has 0 aliphatic heterocycles. The van der Waals surface area contributed by atoms with Crippen molar-refractivity contribution in [1.82, 2.24) is 0 Å². The lowest BCUT2D eigenvalue weighted by molar-refractivity contribution is 0.830. The van der Waals surface area contributed by atoms with Gasteiger partial charge in [-0.3, -0.25) is 4.79 Å². The smallest absolute Gasteiger partial charge is 0.211 e. The van der Waals surface area contributed by atoms with Gasteiger partial charge in [-0.1, -0.05) is 46.3 Å². The van der Waals surface area contributed by atoms with Crippen LogP contribution in [0.1, 0.15) is 12.5 Å². The third-order valence-corrected chi connectivity index (χ3v) is 5.10. The second-order valence-electron chi connectivity index (χ2n) is 5.09. The van der Waals surface area contributed by atoms with Crippen molar-refractivity contribution >= 4 is 43.0 Å². The van der Waals surface area contributed by atoms with Gasteiger partial charge in [-0.05, 0) is 30.7 Å². The van der Waals surface area contributed by atoms with Crippen molar-refractivity contribution in [1.29, 1.82) is 0 Å². The summed E-state index contributed by atoms with van der Waals surface area (Å²) in [5, 5.41) is 2.76. The van der Waals surface area contributed by atoms with Crippen LogP contribution in [0.5, 0.6) is 0 Å². The summed E-state index contributed by atoms with van der Waals surface area (Å²) in [4.78, 5) is 14.9. The highest BCUT2D eigenvalue weighted by atomic mass is 79.9. The topological polar surface area (TPSA) is 20.3 Å². The van der Waals surface area contributed by atoms with Crippen molar-refractivity contribution in [2.75, 3.05) is 11.4 Å². The fraction of sp³-hybridized carbons (Fsp3) is 0.167. The van der Waals surface area contributed by atoms with E-state index in [-0.39, 0.29) is 5.43 Å². The highest BCUT2D eigenvalue weighted by molar-refractivity contribution is 9.10. The number of hydrogen-bond acceptors (Lipinski definition) is 3. The van der Waals surface area contributed by atoms with Gasteiger partial charge in [0.2, 0.25) is 5.43 Å². The molecule has 0 saturated carbocycles. The number of benzene rings is 2. The SMILES string of the molecule is CCN(Cc1ccccc1)c1csc2ccc(Br)cc2c1=O. The Kier molecular flexibility index (Phi) is 4.60. The highest BCUT2D eigenvalue weighted by Gasteiger charge is 2.12. The second kappa shape index (κ2) is 6.63. The lowest BCUT2D eigenvalue weighted by atomic mass is 10.2. The summed E-state index contributed by atoms with van der Waals surface area (Å²) in [7, 11) is 0. The molecule has 2 nitrogen and oxygen atoms in total. The zero-order valence-corrected chi connectivity index (χ0v) is 14.7. The molecule has 0 saturated heterocycles. The molecule has 2 aromatic carbocycles. The van der Waals surface area contributed by atoms with E-state index in [1.54, 1.807) is 11.3 Å². The monoisotopic (exact) mass is 373 g/mol. The van der Waals surface area contributed by atoms with Crippen LogP contribution in [0.25, 0.3) is 10.1 Å². The Balaban J connectivity index is 2.04. The molecule has 0 spiro atoms. The molecule has 0 unspecified atom stereocenters. The average molecular weight is 374 g/mol. The zero-order valence-electron chi connectivity index (χ0n) is 12.3. The summed E-state index contributed by atoms with van der Waals surface area (Å²) in [5.41, 5.74) is 2.10. The molecule has 0 amide bonds. The predicted molar refractivity (Wildman–Crippen MR) is 99.0 cm³/mol. The van der Waals surface area contributed by atoms with E-state index >= 15 is 0 Å². The molecule has 0 bridgehead atoms. The quantitative estimate of drug-likeness (QED) is 0.637. The number of halogens is 1. The average Bonchev–Trinajstić information content (AvgIpc) is 2.55. The Bertz CT molecular complexity index is 845. The summed E-state index contributed by atoms with van der Waals surface area (Å²) < 4.78 is 1.96. The standard InChI is InChI=1S/C18H16BrNOS/c1-2-20(11-13-6-4-3-5-7-13)16-12-22-17-9-8-14(19)10-15(17)18(16)21/h3-10,12H,2,11H2,1H3. The fourth-order valence-electron chi connectivity index (χ4n) is 2.48. The summed E-state index contributed by atoms with van der Waals surface area (Å²) >= 11 is 5.07. The predicted octanol–water partition coefficient (Wildman–Crippen LogP) is 5.05. The lowest BCUT2D eigenvalue weighted by Gasteiger charge is -2.22. The van der Waals surface area contributed by atoms with Crippen molar-refractivity contribution in [2.24, 2.45) is 0 Å². The number of anilines is 1. The van der Waals surface area contributed by atoms with Gasteiger partial charge < -0.3 is 4.90 Å². The summed E-state index contributed by atoms with van der Waals surface area (Å²) in [5.74, 6) is 0. The lowest BCUT2D eigenvalue weighted by Crippen LogP contribution is -2.27. The van der Waals surface area contributed by atoms with Gasteiger partial charge in [-0.2, -0.15) is 0 Å². The molecule has 0 atom stereocenters. The first kappa shape index (κ1) is 15.3. The van der Waals surface area contributed by atoms with Crippen LogP contribution in [-0.4, -0.2) is 6.54 Å². The van der Waals surface area contributed by atoms with Crippen molar-refractivity contribution in [3.05, 3.63) is 74.2 Å². The molecule has 3 aromatic rings. The van der Waals surface area contributed by atoms with E-state index in [4.69, 9.17) is 0 Å². The van der Waals surface area contributed by atoms with Crippen molar-refractivity contribution in [3.63, 3.8) is 0 Å². The zero-order chi connectivity index (χ0) is 15.5. The second-order valence-corrected chi connectivity index (χ2v) is 6.92. The molecule has 1 aromatic heterocycles. The van der Waals surface area contributed by atoms with Crippen molar-refractivity contribution < 1.29 is 0 Å². The number of rotatable bonds is 4. The Morgan fingerprint density at radius 3 is 2.64 bits per heavy atom. The molecule has 1 heterocycles. The molecule has 0 aliphatic carbocycles. The molecule has 3 rings (SSSR count). The van der Waals surface area contributed by atoms with Crippen LogP contribution in [0.3, 0.4) is 0 Å². The van der Waals surface area contributed by atoms with E-state index in [1.807, 2.05) is 41.8 Å². The van der Waals surface area contributed by atoms with Gasteiger partial charge in [0.1, 0.15) is 0 Å². The highest BCUT2D eigenvalue weighted by Crippen LogP contribution is 2.25. The molecule has 0 N–H and O–H groups in total. The van der Waals surface area contributed by atoms with Crippen LogP contribution in [-0.2, 0) is 6.54 Å². The fourth-order valence-corrected chi connectivity index (χ4v) is 3.76. The minimum absolute atomic E-state index is 0.104. The van der Waals surface area contributed by atoms with E-state index in [0.717, 1.165) is 33.3 Å². The minimum Gasteiger partial charge on any atom is -0.364 e. The molecule has 22 heavy (non-hydrogen) atoms. The molecule has 4 heteroatoms. The van der Waals surface area contributed by atoms with E-state index in [9.17, 15) is 4.79 Å². The first-order chi connectivity index (χ1) is 10.7. The third kappa shape index (κ3) is 3.08. The minimum atomic E-state index is 0.104. The van der Waals surface area contributed by atoms with E-state index in [0.29, 0.717) is 0 Å². The molecular weight excluding hydrogens is 358 g/mol. The Morgan fingerprint density at radius 1 is 1.14 bits per heavy atom. The van der Waals surface area contributed by atoms with Gasteiger partial charge in [0, 0.05) is 33.0 Å². The van der Waals surface area contributed by atoms with Gasteiger partial charge >= 0.3 is 0 Å². The van der Waals surface area contributed by atoms with E-state index in [2.05, 4.69) is 39.9 Å². The van der Waals surface area contributed by atoms with Crippen molar-refractivity contribution in [3.8, 4) is 0 Å². The Morgan fingerprint density at radius 2 is 1.91 bits per heavy atom.